The van der Waals surface area contributed by atoms with Crippen LogP contribution in [0.15, 0.2) is 48.5 Å². The normalized spacial score (nSPS) is 10.9. The largest absolute Gasteiger partial charge is 0.497 e. The smallest absolute Gasteiger partial charge is 0.313 e. The van der Waals surface area contributed by atoms with E-state index in [0.29, 0.717) is 18.7 Å². The average Bonchev–Trinajstić information content (AvgIpc) is 2.62. The maximum Gasteiger partial charge on any atom is 0.313 e. The van der Waals surface area contributed by atoms with E-state index in [2.05, 4.69) is 31.4 Å². The van der Waals surface area contributed by atoms with Crippen molar-refractivity contribution in [3.05, 3.63) is 59.7 Å². The van der Waals surface area contributed by atoms with Gasteiger partial charge in [-0.2, -0.15) is 0 Å². The molecule has 0 spiro atoms. The molecule has 0 heterocycles. The summed E-state index contributed by atoms with van der Waals surface area (Å²) in [5, 5.41) is 5.25. The zero-order valence-corrected chi connectivity index (χ0v) is 15.8. The molecular formula is C21H26N2O3. The van der Waals surface area contributed by atoms with Gasteiger partial charge in [0.05, 0.1) is 7.11 Å². The van der Waals surface area contributed by atoms with Crippen LogP contribution < -0.4 is 15.4 Å². The number of amides is 2. The lowest BCUT2D eigenvalue weighted by molar-refractivity contribution is -0.136. The quantitative estimate of drug-likeness (QED) is 0.810. The molecule has 5 heteroatoms. The van der Waals surface area contributed by atoms with E-state index in [1.807, 2.05) is 48.5 Å². The number of rotatable bonds is 5. The number of ether oxygens (including phenoxy) is 1. The molecular weight excluding hydrogens is 328 g/mol. The third-order valence-corrected chi connectivity index (χ3v) is 4.07. The Balaban J connectivity index is 1.80. The summed E-state index contributed by atoms with van der Waals surface area (Å²) >= 11 is 0. The molecule has 0 fully saturated rings. The number of methoxy groups -OCH3 is 1. The highest BCUT2D eigenvalue weighted by molar-refractivity contribution is 6.39. The summed E-state index contributed by atoms with van der Waals surface area (Å²) in [6.07, 6.45) is 0.642. The first kappa shape index (κ1) is 19.5. The van der Waals surface area contributed by atoms with Crippen LogP contribution in [-0.2, 0) is 21.4 Å². The minimum Gasteiger partial charge on any atom is -0.497 e. The van der Waals surface area contributed by atoms with E-state index in [9.17, 15) is 9.59 Å². The van der Waals surface area contributed by atoms with Crippen molar-refractivity contribution in [2.45, 2.75) is 32.6 Å². The maximum atomic E-state index is 12.0. The predicted molar refractivity (Wildman–Crippen MR) is 103 cm³/mol. The van der Waals surface area contributed by atoms with Gasteiger partial charge in [0.1, 0.15) is 5.75 Å². The summed E-state index contributed by atoms with van der Waals surface area (Å²) in [6.45, 7) is 6.76. The third kappa shape index (κ3) is 5.62. The first-order valence-electron chi connectivity index (χ1n) is 8.62. The molecule has 138 valence electrons. The van der Waals surface area contributed by atoms with Gasteiger partial charge in [0.15, 0.2) is 0 Å². The minimum absolute atomic E-state index is 0.0430. The van der Waals surface area contributed by atoms with Crippen molar-refractivity contribution >= 4 is 17.5 Å². The highest BCUT2D eigenvalue weighted by atomic mass is 16.5. The van der Waals surface area contributed by atoms with E-state index >= 15 is 0 Å². The van der Waals surface area contributed by atoms with Gasteiger partial charge in [-0.05, 0) is 47.2 Å². The monoisotopic (exact) mass is 354 g/mol. The lowest BCUT2D eigenvalue weighted by Gasteiger charge is -2.19. The van der Waals surface area contributed by atoms with Gasteiger partial charge in [-0.25, -0.2) is 0 Å². The molecule has 2 aromatic rings. The van der Waals surface area contributed by atoms with Crippen molar-refractivity contribution in [1.29, 1.82) is 0 Å². The number of carbonyl (C=O) groups is 2. The van der Waals surface area contributed by atoms with Crippen LogP contribution in [0.4, 0.5) is 5.69 Å². The van der Waals surface area contributed by atoms with Crippen LogP contribution in [-0.4, -0.2) is 25.5 Å². The Labute approximate surface area is 154 Å². The SMILES string of the molecule is COc1ccc(CCNC(=O)C(=O)Nc2ccc(C(C)(C)C)cc2)cc1. The fraction of sp³-hybridized carbons (Fsp3) is 0.333. The Morgan fingerprint density at radius 1 is 0.923 bits per heavy atom. The summed E-state index contributed by atoms with van der Waals surface area (Å²) in [5.41, 5.74) is 2.87. The van der Waals surface area contributed by atoms with Crippen molar-refractivity contribution in [1.82, 2.24) is 5.32 Å². The molecule has 0 radical (unpaired) electrons. The molecule has 2 N–H and O–H groups in total. The van der Waals surface area contributed by atoms with Crippen molar-refractivity contribution in [3.8, 4) is 5.75 Å². The second kappa shape index (κ2) is 8.52. The van der Waals surface area contributed by atoms with Crippen LogP contribution >= 0.6 is 0 Å². The Morgan fingerprint density at radius 3 is 2.08 bits per heavy atom. The zero-order valence-electron chi connectivity index (χ0n) is 15.8. The van der Waals surface area contributed by atoms with Crippen molar-refractivity contribution in [3.63, 3.8) is 0 Å². The average molecular weight is 354 g/mol. The van der Waals surface area contributed by atoms with Crippen LogP contribution in [0.5, 0.6) is 5.75 Å². The first-order chi connectivity index (χ1) is 12.3. The number of carbonyl (C=O) groups excluding carboxylic acids is 2. The fourth-order valence-electron chi connectivity index (χ4n) is 2.43. The molecule has 0 aliphatic heterocycles. The van der Waals surface area contributed by atoms with Gasteiger partial charge in [0.25, 0.3) is 0 Å². The molecule has 2 amide bonds. The molecule has 0 aliphatic carbocycles. The van der Waals surface area contributed by atoms with Crippen molar-refractivity contribution in [2.75, 3.05) is 19.0 Å². The van der Waals surface area contributed by atoms with Gasteiger partial charge in [-0.15, -0.1) is 0 Å². The molecule has 0 saturated carbocycles. The van der Waals surface area contributed by atoms with Crippen molar-refractivity contribution < 1.29 is 14.3 Å². The Bertz CT molecular complexity index is 744. The topological polar surface area (TPSA) is 67.4 Å². The lowest BCUT2D eigenvalue weighted by Crippen LogP contribution is -2.36. The van der Waals surface area contributed by atoms with E-state index in [-0.39, 0.29) is 5.41 Å². The maximum absolute atomic E-state index is 12.0. The Hall–Kier alpha value is -2.82. The lowest BCUT2D eigenvalue weighted by atomic mass is 9.87. The molecule has 2 aromatic carbocycles. The van der Waals surface area contributed by atoms with E-state index in [1.165, 1.54) is 5.56 Å². The molecule has 26 heavy (non-hydrogen) atoms. The molecule has 2 rings (SSSR count). The second-order valence-electron chi connectivity index (χ2n) is 7.14. The highest BCUT2D eigenvalue weighted by Gasteiger charge is 2.15. The third-order valence-electron chi connectivity index (χ3n) is 4.07. The van der Waals surface area contributed by atoms with Crippen LogP contribution in [0.25, 0.3) is 0 Å². The van der Waals surface area contributed by atoms with E-state index in [1.54, 1.807) is 7.11 Å². The Kier molecular flexibility index (Phi) is 6.39. The van der Waals surface area contributed by atoms with Gasteiger partial charge in [-0.3, -0.25) is 9.59 Å². The molecule has 0 aromatic heterocycles. The van der Waals surface area contributed by atoms with Crippen molar-refractivity contribution in [2.24, 2.45) is 0 Å². The number of hydrogen-bond donors (Lipinski definition) is 2. The predicted octanol–water partition coefficient (Wildman–Crippen LogP) is 3.29. The van der Waals surface area contributed by atoms with Gasteiger partial charge in [0.2, 0.25) is 0 Å². The number of benzene rings is 2. The Morgan fingerprint density at radius 2 is 1.54 bits per heavy atom. The highest BCUT2D eigenvalue weighted by Crippen LogP contribution is 2.23. The van der Waals surface area contributed by atoms with Crippen LogP contribution in [0.1, 0.15) is 31.9 Å². The van der Waals surface area contributed by atoms with Crippen LogP contribution in [0, 0.1) is 0 Å². The molecule has 0 bridgehead atoms. The minimum atomic E-state index is -0.664. The molecule has 0 unspecified atom stereocenters. The summed E-state index contributed by atoms with van der Waals surface area (Å²) in [5.74, 6) is -0.517. The number of hydrogen-bond acceptors (Lipinski definition) is 3. The molecule has 5 nitrogen and oxygen atoms in total. The van der Waals surface area contributed by atoms with Gasteiger partial charge in [-0.1, -0.05) is 45.0 Å². The number of nitrogens with one attached hydrogen (secondary N) is 2. The molecule has 0 atom stereocenters. The van der Waals surface area contributed by atoms with Crippen LogP contribution in [0.2, 0.25) is 0 Å². The number of anilines is 1. The fourth-order valence-corrected chi connectivity index (χ4v) is 2.43. The standard InChI is InChI=1S/C21H26N2O3/c1-21(2,3)16-7-9-17(10-8-16)23-20(25)19(24)22-14-13-15-5-11-18(26-4)12-6-15/h5-12H,13-14H2,1-4H3,(H,22,24)(H,23,25). The van der Waals surface area contributed by atoms with Gasteiger partial charge >= 0.3 is 11.8 Å². The molecule has 0 saturated heterocycles. The summed E-state index contributed by atoms with van der Waals surface area (Å²) in [6, 6.07) is 15.1. The van der Waals surface area contributed by atoms with Gasteiger partial charge < -0.3 is 15.4 Å². The van der Waals surface area contributed by atoms with E-state index < -0.39 is 11.8 Å². The summed E-state index contributed by atoms with van der Waals surface area (Å²) < 4.78 is 5.10. The van der Waals surface area contributed by atoms with Crippen LogP contribution in [0.3, 0.4) is 0 Å². The summed E-state index contributed by atoms with van der Waals surface area (Å²) in [4.78, 5) is 23.9. The van der Waals surface area contributed by atoms with E-state index in [4.69, 9.17) is 4.74 Å². The van der Waals surface area contributed by atoms with E-state index in [0.717, 1.165) is 11.3 Å². The second-order valence-corrected chi connectivity index (χ2v) is 7.14. The first-order valence-corrected chi connectivity index (χ1v) is 8.62. The summed E-state index contributed by atoms with van der Waals surface area (Å²) in [7, 11) is 1.62. The van der Waals surface area contributed by atoms with Gasteiger partial charge in [0, 0.05) is 12.2 Å². The zero-order chi connectivity index (χ0) is 19.2. The molecule has 0 aliphatic rings.